The molecule has 0 saturated carbocycles. The zero-order chi connectivity index (χ0) is 13.9. The minimum absolute atomic E-state index is 0.0243. The molecule has 0 aliphatic heterocycles. The third-order valence-electron chi connectivity index (χ3n) is 2.89. The number of nitrogens with one attached hydrogen (secondary N) is 1. The minimum Gasteiger partial charge on any atom is -0.396 e. The molecule has 0 aliphatic rings. The summed E-state index contributed by atoms with van der Waals surface area (Å²) in [6.07, 6.45) is 3.21. The summed E-state index contributed by atoms with van der Waals surface area (Å²) in [6.45, 7) is 4.22. The van der Waals surface area contributed by atoms with Crippen molar-refractivity contribution in [3.63, 3.8) is 0 Å². The number of fused-ring (bicyclic) bond motifs is 1. The Labute approximate surface area is 111 Å². The van der Waals surface area contributed by atoms with Crippen LogP contribution in [0.25, 0.3) is 11.0 Å². The van der Waals surface area contributed by atoms with Crippen LogP contribution in [0.2, 0.25) is 0 Å². The standard InChI is InChI=1S/C14H17N3O2/c1-14(2,9-18)8-17-13(19)10-3-4-11-12(7-10)16-6-5-15-11/h3-7,18H,8-9H2,1-2H3,(H,17,19). The number of carbonyl (C=O) groups is 1. The fourth-order valence-corrected chi connectivity index (χ4v) is 1.58. The smallest absolute Gasteiger partial charge is 0.251 e. The van der Waals surface area contributed by atoms with Gasteiger partial charge in [0.1, 0.15) is 0 Å². The number of benzene rings is 1. The van der Waals surface area contributed by atoms with Gasteiger partial charge >= 0.3 is 0 Å². The van der Waals surface area contributed by atoms with E-state index >= 15 is 0 Å². The molecule has 1 amide bonds. The van der Waals surface area contributed by atoms with Gasteiger partial charge in [-0.05, 0) is 18.2 Å². The fraction of sp³-hybridized carbons (Fsp3) is 0.357. The molecule has 1 aromatic heterocycles. The number of aliphatic hydroxyl groups is 1. The molecule has 0 spiro atoms. The molecule has 19 heavy (non-hydrogen) atoms. The molecular weight excluding hydrogens is 242 g/mol. The van der Waals surface area contributed by atoms with Crippen LogP contribution in [-0.4, -0.2) is 34.1 Å². The van der Waals surface area contributed by atoms with Gasteiger partial charge in [0, 0.05) is 36.5 Å². The highest BCUT2D eigenvalue weighted by Gasteiger charge is 2.18. The third kappa shape index (κ3) is 3.26. The quantitative estimate of drug-likeness (QED) is 0.869. The summed E-state index contributed by atoms with van der Waals surface area (Å²) in [5, 5.41) is 12.0. The average Bonchev–Trinajstić information content (AvgIpc) is 2.44. The van der Waals surface area contributed by atoms with Gasteiger partial charge in [-0.3, -0.25) is 14.8 Å². The topological polar surface area (TPSA) is 75.1 Å². The lowest BCUT2D eigenvalue weighted by Gasteiger charge is -2.21. The van der Waals surface area contributed by atoms with Gasteiger partial charge in [-0.25, -0.2) is 0 Å². The molecule has 5 nitrogen and oxygen atoms in total. The summed E-state index contributed by atoms with van der Waals surface area (Å²) in [7, 11) is 0. The molecular formula is C14H17N3O2. The Morgan fingerprint density at radius 2 is 1.95 bits per heavy atom. The first-order valence-electron chi connectivity index (χ1n) is 6.12. The maximum Gasteiger partial charge on any atom is 0.251 e. The first kappa shape index (κ1) is 13.4. The Bertz CT molecular complexity index is 596. The number of nitrogens with zero attached hydrogens (tertiary/aromatic N) is 2. The van der Waals surface area contributed by atoms with Crippen LogP contribution in [0.5, 0.6) is 0 Å². The van der Waals surface area contributed by atoms with Crippen molar-refractivity contribution in [3.8, 4) is 0 Å². The van der Waals surface area contributed by atoms with Gasteiger partial charge in [-0.1, -0.05) is 13.8 Å². The number of aromatic nitrogens is 2. The van der Waals surface area contributed by atoms with Gasteiger partial charge in [0.25, 0.3) is 5.91 Å². The highest BCUT2D eigenvalue weighted by Crippen LogP contribution is 2.13. The van der Waals surface area contributed by atoms with E-state index in [1.54, 1.807) is 30.6 Å². The van der Waals surface area contributed by atoms with Crippen LogP contribution in [0, 0.1) is 5.41 Å². The predicted octanol–water partition coefficient (Wildman–Crippen LogP) is 1.38. The molecule has 0 atom stereocenters. The van der Waals surface area contributed by atoms with Crippen molar-refractivity contribution in [1.82, 2.24) is 15.3 Å². The third-order valence-corrected chi connectivity index (χ3v) is 2.89. The van der Waals surface area contributed by atoms with Crippen LogP contribution in [0.1, 0.15) is 24.2 Å². The lowest BCUT2D eigenvalue weighted by molar-refractivity contribution is 0.0911. The van der Waals surface area contributed by atoms with Crippen LogP contribution in [0.4, 0.5) is 0 Å². The lowest BCUT2D eigenvalue weighted by Crippen LogP contribution is -2.36. The summed E-state index contributed by atoms with van der Waals surface area (Å²) < 4.78 is 0. The Kier molecular flexibility index (Phi) is 3.76. The van der Waals surface area contributed by atoms with Gasteiger partial charge < -0.3 is 10.4 Å². The molecule has 0 fully saturated rings. The van der Waals surface area contributed by atoms with E-state index in [1.807, 2.05) is 13.8 Å². The van der Waals surface area contributed by atoms with Crippen molar-refractivity contribution < 1.29 is 9.90 Å². The largest absolute Gasteiger partial charge is 0.396 e. The van der Waals surface area contributed by atoms with Crippen molar-refractivity contribution in [2.24, 2.45) is 5.41 Å². The van der Waals surface area contributed by atoms with Crippen LogP contribution in [-0.2, 0) is 0 Å². The maximum atomic E-state index is 12.0. The molecule has 2 N–H and O–H groups in total. The highest BCUT2D eigenvalue weighted by atomic mass is 16.3. The first-order chi connectivity index (χ1) is 9.02. The van der Waals surface area contributed by atoms with E-state index in [0.29, 0.717) is 17.6 Å². The summed E-state index contributed by atoms with van der Waals surface area (Å²) >= 11 is 0. The van der Waals surface area contributed by atoms with E-state index in [2.05, 4.69) is 15.3 Å². The molecule has 2 aromatic rings. The van der Waals surface area contributed by atoms with Crippen LogP contribution in [0.15, 0.2) is 30.6 Å². The second-order valence-corrected chi connectivity index (χ2v) is 5.26. The zero-order valence-corrected chi connectivity index (χ0v) is 11.1. The maximum absolute atomic E-state index is 12.0. The monoisotopic (exact) mass is 259 g/mol. The molecule has 0 radical (unpaired) electrons. The van der Waals surface area contributed by atoms with Crippen molar-refractivity contribution >= 4 is 16.9 Å². The Morgan fingerprint density at radius 3 is 2.63 bits per heavy atom. The number of aliphatic hydroxyl groups excluding tert-OH is 1. The number of hydrogen-bond acceptors (Lipinski definition) is 4. The average molecular weight is 259 g/mol. The number of carbonyl (C=O) groups excluding carboxylic acids is 1. The number of amides is 1. The summed E-state index contributed by atoms with van der Waals surface area (Å²) in [5.41, 5.74) is 1.67. The molecule has 0 aliphatic carbocycles. The van der Waals surface area contributed by atoms with Crippen molar-refractivity contribution in [2.75, 3.05) is 13.2 Å². The highest BCUT2D eigenvalue weighted by molar-refractivity contribution is 5.97. The van der Waals surface area contributed by atoms with Crippen molar-refractivity contribution in [1.29, 1.82) is 0 Å². The summed E-state index contributed by atoms with van der Waals surface area (Å²) in [6, 6.07) is 5.20. The van der Waals surface area contributed by atoms with E-state index < -0.39 is 0 Å². The fourth-order valence-electron chi connectivity index (χ4n) is 1.58. The van der Waals surface area contributed by atoms with E-state index in [0.717, 1.165) is 5.52 Å². The molecule has 2 rings (SSSR count). The molecule has 100 valence electrons. The Hall–Kier alpha value is -2.01. The van der Waals surface area contributed by atoms with Crippen molar-refractivity contribution in [2.45, 2.75) is 13.8 Å². The summed E-state index contributed by atoms with van der Waals surface area (Å²) in [4.78, 5) is 20.3. The minimum atomic E-state index is -0.327. The molecule has 0 bridgehead atoms. The molecule has 5 heteroatoms. The van der Waals surface area contributed by atoms with E-state index in [9.17, 15) is 4.79 Å². The van der Waals surface area contributed by atoms with E-state index in [4.69, 9.17) is 5.11 Å². The SMILES string of the molecule is CC(C)(CO)CNC(=O)c1ccc2nccnc2c1. The molecule has 0 unspecified atom stereocenters. The van der Waals surface area contributed by atoms with Crippen LogP contribution >= 0.6 is 0 Å². The second-order valence-electron chi connectivity index (χ2n) is 5.26. The first-order valence-corrected chi connectivity index (χ1v) is 6.12. The summed E-state index contributed by atoms with van der Waals surface area (Å²) in [5.74, 6) is -0.172. The van der Waals surface area contributed by atoms with E-state index in [1.165, 1.54) is 0 Å². The van der Waals surface area contributed by atoms with Gasteiger partial charge in [-0.15, -0.1) is 0 Å². The number of hydrogen-bond donors (Lipinski definition) is 2. The molecule has 1 aromatic carbocycles. The van der Waals surface area contributed by atoms with E-state index in [-0.39, 0.29) is 17.9 Å². The normalized spacial score (nSPS) is 11.5. The molecule has 1 heterocycles. The second kappa shape index (κ2) is 5.32. The van der Waals surface area contributed by atoms with Gasteiger partial charge in [0.15, 0.2) is 0 Å². The Balaban J connectivity index is 2.13. The zero-order valence-electron chi connectivity index (χ0n) is 11.1. The lowest BCUT2D eigenvalue weighted by atomic mass is 9.95. The van der Waals surface area contributed by atoms with Gasteiger partial charge in [0.2, 0.25) is 0 Å². The molecule has 0 saturated heterocycles. The van der Waals surface area contributed by atoms with Crippen LogP contribution < -0.4 is 5.32 Å². The Morgan fingerprint density at radius 1 is 1.26 bits per heavy atom. The van der Waals surface area contributed by atoms with Gasteiger partial charge in [-0.2, -0.15) is 0 Å². The van der Waals surface area contributed by atoms with Crippen molar-refractivity contribution in [3.05, 3.63) is 36.2 Å². The predicted molar refractivity (Wildman–Crippen MR) is 72.7 cm³/mol. The number of rotatable bonds is 4. The van der Waals surface area contributed by atoms with Gasteiger partial charge in [0.05, 0.1) is 11.0 Å². The van der Waals surface area contributed by atoms with Crippen LogP contribution in [0.3, 0.4) is 0 Å².